The lowest BCUT2D eigenvalue weighted by Crippen LogP contribution is -2.06. The van der Waals surface area contributed by atoms with Gasteiger partial charge in [0, 0.05) is 36.1 Å². The fraction of sp³-hybridized carbons (Fsp3) is 0.0612. The third-order valence-corrected chi connectivity index (χ3v) is 9.75. The summed E-state index contributed by atoms with van der Waals surface area (Å²) in [6.07, 6.45) is 14.6. The number of aromatic nitrogens is 1. The third-order valence-electron chi connectivity index (χ3n) is 9.75. The van der Waals surface area contributed by atoms with Crippen molar-refractivity contribution < 1.29 is 0 Å². The Morgan fingerprint density at radius 1 is 0.588 bits per heavy atom. The van der Waals surface area contributed by atoms with Crippen molar-refractivity contribution in [3.8, 4) is 33.4 Å². The largest absolute Gasteiger partial charge is 0.287 e. The van der Waals surface area contributed by atoms with Crippen molar-refractivity contribution in [3.05, 3.63) is 216 Å². The molecule has 1 aliphatic rings. The molecule has 2 nitrogen and oxygen atoms in total. The average molecular weight is 655 g/mol. The molecule has 0 fully saturated rings. The van der Waals surface area contributed by atoms with E-state index >= 15 is 0 Å². The summed E-state index contributed by atoms with van der Waals surface area (Å²) in [5, 5.41) is 2.50. The molecule has 51 heavy (non-hydrogen) atoms. The van der Waals surface area contributed by atoms with Crippen LogP contribution in [-0.4, -0.2) is 17.7 Å². The maximum absolute atomic E-state index is 4.98. The molecule has 1 aliphatic carbocycles. The van der Waals surface area contributed by atoms with Crippen molar-refractivity contribution >= 4 is 22.1 Å². The van der Waals surface area contributed by atoms with Crippen LogP contribution in [0.3, 0.4) is 0 Å². The van der Waals surface area contributed by atoms with Crippen molar-refractivity contribution in [2.45, 2.75) is 12.8 Å². The summed E-state index contributed by atoms with van der Waals surface area (Å²) >= 11 is 0. The van der Waals surface area contributed by atoms with Gasteiger partial charge in [-0.1, -0.05) is 158 Å². The molecule has 1 heterocycles. The quantitative estimate of drug-likeness (QED) is 0.164. The standard InChI is InChI=1S/C49H38N2/c1-50-49(40-29-27-39(28-30-40)47-24-10-17-37-14-3-6-22-45(37)47)48(42-19-9-18-41(33-42)43-20-11-31-51-34-43)32-35-12-8-16-36-13-2-5-21-44(36)46-23-7-4-15-38(46)26-25-35/h2-15,17-25,27-34H,16,26H2,1H3/b12-8?,35-25+,48-32-,50-49?. The second-order valence-corrected chi connectivity index (χ2v) is 12.9. The lowest BCUT2D eigenvalue weighted by atomic mass is 9.89. The maximum Gasteiger partial charge on any atom is 0.0721 e. The van der Waals surface area contributed by atoms with Crippen LogP contribution in [0.4, 0.5) is 0 Å². The van der Waals surface area contributed by atoms with Crippen molar-refractivity contribution in [2.75, 3.05) is 7.05 Å². The van der Waals surface area contributed by atoms with Gasteiger partial charge in [0.25, 0.3) is 0 Å². The monoisotopic (exact) mass is 654 g/mol. The number of rotatable bonds is 6. The molecule has 0 unspecified atom stereocenters. The number of fused-ring (bicyclic) bond motifs is 4. The smallest absolute Gasteiger partial charge is 0.0721 e. The van der Waals surface area contributed by atoms with Crippen LogP contribution in [-0.2, 0) is 12.8 Å². The Hall–Kier alpha value is -6.38. The van der Waals surface area contributed by atoms with E-state index in [9.17, 15) is 0 Å². The molecule has 0 radical (unpaired) electrons. The highest BCUT2D eigenvalue weighted by molar-refractivity contribution is 6.32. The SMILES string of the molecule is CN=C(/C(=C\C1=C\Cc2ccccc2-c2ccccc2CC=C1)c1cccc(-c2cccnc2)c1)c1ccc(-c2cccc3ccccc23)cc1. The van der Waals surface area contributed by atoms with Crippen LogP contribution in [0.1, 0.15) is 22.3 Å². The van der Waals surface area contributed by atoms with Crippen molar-refractivity contribution in [2.24, 2.45) is 4.99 Å². The fourth-order valence-corrected chi connectivity index (χ4v) is 7.19. The average Bonchev–Trinajstić information content (AvgIpc) is 3.20. The zero-order chi connectivity index (χ0) is 34.4. The van der Waals surface area contributed by atoms with Gasteiger partial charge in [-0.25, -0.2) is 0 Å². The van der Waals surface area contributed by atoms with Gasteiger partial charge in [-0.2, -0.15) is 0 Å². The Bertz CT molecular complexity index is 2460. The number of nitrogens with zero attached hydrogens (tertiary/aromatic N) is 2. The Balaban J connectivity index is 1.24. The van der Waals surface area contributed by atoms with Gasteiger partial charge >= 0.3 is 0 Å². The summed E-state index contributed by atoms with van der Waals surface area (Å²) in [5.74, 6) is 0. The Labute approximate surface area is 300 Å². The van der Waals surface area contributed by atoms with Gasteiger partial charge in [0.15, 0.2) is 0 Å². The Kier molecular flexibility index (Phi) is 9.13. The minimum atomic E-state index is 0.821. The van der Waals surface area contributed by atoms with E-state index in [1.807, 2.05) is 25.5 Å². The molecule has 0 saturated heterocycles. The number of hydrogen-bond acceptors (Lipinski definition) is 2. The van der Waals surface area contributed by atoms with Gasteiger partial charge in [0.05, 0.1) is 5.71 Å². The molecular weight excluding hydrogens is 617 g/mol. The second-order valence-electron chi connectivity index (χ2n) is 12.9. The van der Waals surface area contributed by atoms with Gasteiger partial charge < -0.3 is 0 Å². The van der Waals surface area contributed by atoms with Gasteiger partial charge in [-0.05, 0) is 91.9 Å². The summed E-state index contributed by atoms with van der Waals surface area (Å²) in [7, 11) is 1.90. The van der Waals surface area contributed by atoms with Crippen LogP contribution >= 0.6 is 0 Å². The molecule has 0 amide bonds. The predicted octanol–water partition coefficient (Wildman–Crippen LogP) is 12.0. The molecule has 0 aliphatic heterocycles. The molecule has 244 valence electrons. The number of pyridine rings is 1. The number of benzene rings is 6. The molecule has 0 saturated carbocycles. The van der Waals surface area contributed by atoms with E-state index in [1.54, 1.807) is 0 Å². The van der Waals surface area contributed by atoms with E-state index in [0.717, 1.165) is 52.0 Å². The van der Waals surface area contributed by atoms with Gasteiger partial charge in [-0.15, -0.1) is 0 Å². The molecular formula is C49H38N2. The molecule has 0 N–H and O–H groups in total. The molecule has 7 aromatic rings. The van der Waals surface area contributed by atoms with Crippen molar-refractivity contribution in [1.29, 1.82) is 0 Å². The second kappa shape index (κ2) is 14.6. The van der Waals surface area contributed by atoms with Crippen LogP contribution in [0.25, 0.3) is 49.7 Å². The Morgan fingerprint density at radius 2 is 1.27 bits per heavy atom. The first-order valence-corrected chi connectivity index (χ1v) is 17.6. The van der Waals surface area contributed by atoms with Crippen molar-refractivity contribution in [1.82, 2.24) is 4.98 Å². The summed E-state index contributed by atoms with van der Waals surface area (Å²) in [5.41, 5.74) is 15.2. The summed E-state index contributed by atoms with van der Waals surface area (Å²) in [4.78, 5) is 9.37. The number of aliphatic imine (C=N–C) groups is 1. The van der Waals surface area contributed by atoms with E-state index < -0.39 is 0 Å². The first-order chi connectivity index (χ1) is 25.2. The zero-order valence-electron chi connectivity index (χ0n) is 28.7. The topological polar surface area (TPSA) is 25.2 Å². The van der Waals surface area contributed by atoms with Gasteiger partial charge in [0.1, 0.15) is 0 Å². The van der Waals surface area contributed by atoms with E-state index in [1.165, 1.54) is 44.2 Å². The highest BCUT2D eigenvalue weighted by Crippen LogP contribution is 2.33. The lowest BCUT2D eigenvalue weighted by molar-refractivity contribution is 1.21. The van der Waals surface area contributed by atoms with E-state index in [0.29, 0.717) is 0 Å². The summed E-state index contributed by atoms with van der Waals surface area (Å²) in [6.45, 7) is 0. The maximum atomic E-state index is 4.98. The van der Waals surface area contributed by atoms with Crippen LogP contribution in [0.15, 0.2) is 199 Å². The van der Waals surface area contributed by atoms with Gasteiger partial charge in [-0.3, -0.25) is 9.98 Å². The molecule has 0 spiro atoms. The predicted molar refractivity (Wildman–Crippen MR) is 216 cm³/mol. The van der Waals surface area contributed by atoms with Crippen LogP contribution in [0.2, 0.25) is 0 Å². The van der Waals surface area contributed by atoms with Crippen LogP contribution in [0.5, 0.6) is 0 Å². The zero-order valence-corrected chi connectivity index (χ0v) is 28.7. The first kappa shape index (κ1) is 31.9. The highest BCUT2D eigenvalue weighted by Gasteiger charge is 2.16. The van der Waals surface area contributed by atoms with Crippen LogP contribution < -0.4 is 0 Å². The summed E-state index contributed by atoms with van der Waals surface area (Å²) < 4.78 is 0. The lowest BCUT2D eigenvalue weighted by Gasteiger charge is -2.16. The van der Waals surface area contributed by atoms with E-state index in [4.69, 9.17) is 4.99 Å². The Morgan fingerprint density at radius 3 is 2.06 bits per heavy atom. The van der Waals surface area contributed by atoms with E-state index in [2.05, 4.69) is 175 Å². The number of allylic oxidation sites excluding steroid dienone is 6. The summed E-state index contributed by atoms with van der Waals surface area (Å²) in [6, 6.07) is 54.4. The molecule has 8 rings (SSSR count). The molecule has 2 heteroatoms. The van der Waals surface area contributed by atoms with Crippen molar-refractivity contribution in [3.63, 3.8) is 0 Å². The number of hydrogen-bond donors (Lipinski definition) is 0. The normalized spacial score (nSPS) is 14.3. The molecule has 0 atom stereocenters. The molecule has 6 aromatic carbocycles. The van der Waals surface area contributed by atoms with Crippen LogP contribution in [0, 0.1) is 0 Å². The fourth-order valence-electron chi connectivity index (χ4n) is 7.19. The minimum Gasteiger partial charge on any atom is -0.287 e. The highest BCUT2D eigenvalue weighted by atomic mass is 14.7. The molecule has 1 aromatic heterocycles. The molecule has 0 bridgehead atoms. The van der Waals surface area contributed by atoms with E-state index in [-0.39, 0.29) is 0 Å². The van der Waals surface area contributed by atoms with Gasteiger partial charge in [0.2, 0.25) is 0 Å². The third kappa shape index (κ3) is 6.77. The first-order valence-electron chi connectivity index (χ1n) is 17.6. The minimum absolute atomic E-state index is 0.821.